The van der Waals surface area contributed by atoms with E-state index in [9.17, 15) is 0 Å². The van der Waals surface area contributed by atoms with E-state index in [-0.39, 0.29) is 0 Å². The summed E-state index contributed by atoms with van der Waals surface area (Å²) in [5, 5.41) is 6.73. The predicted molar refractivity (Wildman–Crippen MR) is 115 cm³/mol. The number of aryl methyl sites for hydroxylation is 1. The van der Waals surface area contributed by atoms with Crippen molar-refractivity contribution in [2.75, 3.05) is 33.4 Å². The first-order valence-corrected chi connectivity index (χ1v) is 9.90. The topological polar surface area (TPSA) is 67.8 Å². The van der Waals surface area contributed by atoms with Gasteiger partial charge in [-0.1, -0.05) is 6.07 Å². The van der Waals surface area contributed by atoms with E-state index >= 15 is 0 Å². The van der Waals surface area contributed by atoms with Crippen molar-refractivity contribution >= 4 is 5.96 Å². The number of guanidine groups is 1. The smallest absolute Gasteiger partial charge is 0.190 e. The largest absolute Gasteiger partial charge is 0.490 e. The molecule has 28 heavy (non-hydrogen) atoms. The Balaban J connectivity index is 1.80. The van der Waals surface area contributed by atoms with Gasteiger partial charge in [0.15, 0.2) is 17.5 Å². The van der Waals surface area contributed by atoms with Crippen LogP contribution in [-0.2, 0) is 12.8 Å². The third kappa shape index (κ3) is 6.76. The molecule has 2 N–H and O–H groups in total. The lowest BCUT2D eigenvalue weighted by molar-refractivity contribution is 0.287. The Hall–Kier alpha value is -2.76. The summed E-state index contributed by atoms with van der Waals surface area (Å²) < 4.78 is 11.3. The second-order valence-corrected chi connectivity index (χ2v) is 6.38. The van der Waals surface area contributed by atoms with Crippen LogP contribution in [-0.4, -0.2) is 44.3 Å². The highest BCUT2D eigenvalue weighted by Gasteiger charge is 2.06. The van der Waals surface area contributed by atoms with Crippen LogP contribution in [0, 0.1) is 6.92 Å². The van der Waals surface area contributed by atoms with Crippen molar-refractivity contribution in [2.24, 2.45) is 4.99 Å². The first-order chi connectivity index (χ1) is 13.7. The molecule has 0 aliphatic carbocycles. The van der Waals surface area contributed by atoms with Gasteiger partial charge in [0.05, 0.1) is 13.2 Å². The van der Waals surface area contributed by atoms with Crippen molar-refractivity contribution in [3.8, 4) is 11.5 Å². The Morgan fingerprint density at radius 2 is 1.71 bits per heavy atom. The normalized spacial score (nSPS) is 11.2. The highest BCUT2D eigenvalue weighted by Crippen LogP contribution is 2.28. The van der Waals surface area contributed by atoms with Gasteiger partial charge < -0.3 is 20.1 Å². The van der Waals surface area contributed by atoms with Crippen LogP contribution in [0.25, 0.3) is 0 Å². The maximum atomic E-state index is 5.70. The minimum absolute atomic E-state index is 0.620. The molecule has 2 rings (SSSR count). The van der Waals surface area contributed by atoms with E-state index in [1.165, 1.54) is 16.7 Å². The summed E-state index contributed by atoms with van der Waals surface area (Å²) in [6.07, 6.45) is 5.54. The van der Waals surface area contributed by atoms with Crippen LogP contribution >= 0.6 is 0 Å². The van der Waals surface area contributed by atoms with Crippen LogP contribution in [0.15, 0.2) is 41.7 Å². The number of hydrogen-bond donors (Lipinski definition) is 2. The Morgan fingerprint density at radius 3 is 2.39 bits per heavy atom. The second-order valence-electron chi connectivity index (χ2n) is 6.38. The van der Waals surface area contributed by atoms with Crippen LogP contribution in [0.3, 0.4) is 0 Å². The second kappa shape index (κ2) is 11.8. The molecule has 6 heteroatoms. The summed E-state index contributed by atoms with van der Waals surface area (Å²) in [6, 6.07) is 8.18. The van der Waals surface area contributed by atoms with Gasteiger partial charge in [-0.3, -0.25) is 9.98 Å². The SMILES string of the molecule is CCOc1ccc(CCNC(=NC)NCCc2ccncc2C)cc1OCC. The third-order valence-corrected chi connectivity index (χ3v) is 4.36. The minimum Gasteiger partial charge on any atom is -0.490 e. The molecule has 0 bridgehead atoms. The first kappa shape index (κ1) is 21.5. The van der Waals surface area contributed by atoms with Crippen LogP contribution in [0.2, 0.25) is 0 Å². The zero-order valence-electron chi connectivity index (χ0n) is 17.4. The molecule has 0 saturated heterocycles. The number of aromatic nitrogens is 1. The number of ether oxygens (including phenoxy) is 2. The van der Waals surface area contributed by atoms with Gasteiger partial charge in [-0.05, 0) is 68.5 Å². The number of pyridine rings is 1. The van der Waals surface area contributed by atoms with Crippen molar-refractivity contribution in [1.82, 2.24) is 15.6 Å². The zero-order valence-corrected chi connectivity index (χ0v) is 17.4. The molecule has 1 aromatic heterocycles. The molecule has 0 aliphatic heterocycles. The molecule has 6 nitrogen and oxygen atoms in total. The maximum absolute atomic E-state index is 5.70. The molecule has 1 heterocycles. The summed E-state index contributed by atoms with van der Waals surface area (Å²) in [7, 11) is 1.79. The first-order valence-electron chi connectivity index (χ1n) is 9.90. The predicted octanol–water partition coefficient (Wildman–Crippen LogP) is 3.14. The van der Waals surface area contributed by atoms with Gasteiger partial charge in [0.2, 0.25) is 0 Å². The number of hydrogen-bond acceptors (Lipinski definition) is 4. The van der Waals surface area contributed by atoms with Gasteiger partial charge in [-0.15, -0.1) is 0 Å². The number of benzene rings is 1. The molecule has 0 saturated carbocycles. The molecule has 0 amide bonds. The van der Waals surface area contributed by atoms with Crippen molar-refractivity contribution < 1.29 is 9.47 Å². The van der Waals surface area contributed by atoms with E-state index in [1.54, 1.807) is 7.05 Å². The summed E-state index contributed by atoms with van der Waals surface area (Å²) >= 11 is 0. The molecule has 0 aliphatic rings. The molecule has 0 fully saturated rings. The average Bonchev–Trinajstić information content (AvgIpc) is 2.70. The van der Waals surface area contributed by atoms with Crippen LogP contribution < -0.4 is 20.1 Å². The van der Waals surface area contributed by atoms with Crippen molar-refractivity contribution in [2.45, 2.75) is 33.6 Å². The average molecular weight is 385 g/mol. The molecule has 0 atom stereocenters. The number of rotatable bonds is 10. The zero-order chi connectivity index (χ0) is 20.2. The fourth-order valence-corrected chi connectivity index (χ4v) is 2.90. The fourth-order valence-electron chi connectivity index (χ4n) is 2.90. The molecule has 152 valence electrons. The van der Waals surface area contributed by atoms with Crippen LogP contribution in [0.4, 0.5) is 0 Å². The Morgan fingerprint density at radius 1 is 1.00 bits per heavy atom. The lowest BCUT2D eigenvalue weighted by Gasteiger charge is -2.14. The Labute approximate surface area is 168 Å². The Kier molecular flexibility index (Phi) is 9.11. The van der Waals surface area contributed by atoms with Gasteiger partial charge in [0, 0.05) is 32.5 Å². The summed E-state index contributed by atoms with van der Waals surface area (Å²) in [5.74, 6) is 2.41. The maximum Gasteiger partial charge on any atom is 0.190 e. The van der Waals surface area contributed by atoms with E-state index in [4.69, 9.17) is 9.47 Å². The lowest BCUT2D eigenvalue weighted by atomic mass is 10.1. The third-order valence-electron chi connectivity index (χ3n) is 4.36. The molecule has 1 aromatic carbocycles. The monoisotopic (exact) mass is 384 g/mol. The molecular weight excluding hydrogens is 352 g/mol. The number of aliphatic imine (C=N–C) groups is 1. The lowest BCUT2D eigenvalue weighted by Crippen LogP contribution is -2.39. The van der Waals surface area contributed by atoms with Gasteiger partial charge in [0.1, 0.15) is 0 Å². The van der Waals surface area contributed by atoms with E-state index in [0.717, 1.165) is 43.4 Å². The summed E-state index contributed by atoms with van der Waals surface area (Å²) in [6.45, 7) is 8.89. The van der Waals surface area contributed by atoms with Crippen molar-refractivity contribution in [1.29, 1.82) is 0 Å². The molecule has 0 radical (unpaired) electrons. The van der Waals surface area contributed by atoms with Crippen LogP contribution in [0.1, 0.15) is 30.5 Å². The molecule has 0 spiro atoms. The summed E-state index contributed by atoms with van der Waals surface area (Å²) in [4.78, 5) is 8.43. The van der Waals surface area contributed by atoms with Gasteiger partial charge in [-0.25, -0.2) is 0 Å². The quantitative estimate of drug-likeness (QED) is 0.487. The van der Waals surface area contributed by atoms with E-state index < -0.39 is 0 Å². The van der Waals surface area contributed by atoms with Crippen molar-refractivity contribution in [3.05, 3.63) is 53.3 Å². The fraction of sp³-hybridized carbons (Fsp3) is 0.455. The molecule has 0 unspecified atom stereocenters. The van der Waals surface area contributed by atoms with E-state index in [2.05, 4.69) is 45.7 Å². The Bertz CT molecular complexity index is 762. The summed E-state index contributed by atoms with van der Waals surface area (Å²) in [5.41, 5.74) is 3.71. The van der Waals surface area contributed by atoms with Crippen molar-refractivity contribution in [3.63, 3.8) is 0 Å². The molecular formula is C22H32N4O2. The highest BCUT2D eigenvalue weighted by molar-refractivity contribution is 5.79. The number of nitrogens with one attached hydrogen (secondary N) is 2. The standard InChI is InChI=1S/C22H32N4O2/c1-5-27-20-8-7-18(15-21(20)28-6-2)9-13-25-22(23-4)26-14-11-19-10-12-24-16-17(19)3/h7-8,10,12,15-16H,5-6,9,11,13-14H2,1-4H3,(H2,23,25,26). The van der Waals surface area contributed by atoms with Gasteiger partial charge in [0.25, 0.3) is 0 Å². The van der Waals surface area contributed by atoms with Gasteiger partial charge >= 0.3 is 0 Å². The molecule has 2 aromatic rings. The van der Waals surface area contributed by atoms with E-state index in [1.807, 2.05) is 32.3 Å². The van der Waals surface area contributed by atoms with E-state index in [0.29, 0.717) is 13.2 Å². The van der Waals surface area contributed by atoms with Gasteiger partial charge in [-0.2, -0.15) is 0 Å². The number of nitrogens with zero attached hydrogens (tertiary/aromatic N) is 2. The van der Waals surface area contributed by atoms with Crippen LogP contribution in [0.5, 0.6) is 11.5 Å². The minimum atomic E-state index is 0.620. The highest BCUT2D eigenvalue weighted by atomic mass is 16.5.